The Hall–Kier alpha value is -3.68. The molecule has 2 fully saturated rings. The first kappa shape index (κ1) is 23.7. The second-order valence-corrected chi connectivity index (χ2v) is 10.5. The quantitative estimate of drug-likeness (QED) is 0.394. The first-order chi connectivity index (χ1) is 18.0. The topological polar surface area (TPSA) is 75.9 Å². The highest BCUT2D eigenvalue weighted by Crippen LogP contribution is 2.35. The van der Waals surface area contributed by atoms with E-state index in [2.05, 4.69) is 41.3 Å². The standard InChI is InChI=1S/C29H34N6O2/c1-19-13-14-24-23(17-19)27-32-31-26(21-9-5-4-6-10-21)35(27)29(30-24)33-15-16-34(20(2)18-33)28(36)22-11-7-8-12-25(22)37-3/h7-8,11-14,17,20-21H,4-6,9-10,15-16,18H2,1-3H3/t20-/m0/s1. The van der Waals surface area contributed by atoms with E-state index in [4.69, 9.17) is 19.9 Å². The zero-order valence-electron chi connectivity index (χ0n) is 21.9. The predicted molar refractivity (Wildman–Crippen MR) is 145 cm³/mol. The molecule has 0 unspecified atom stereocenters. The number of amides is 1. The van der Waals surface area contributed by atoms with Crippen molar-refractivity contribution in [2.24, 2.45) is 0 Å². The van der Waals surface area contributed by atoms with Gasteiger partial charge in [0.15, 0.2) is 5.65 Å². The largest absolute Gasteiger partial charge is 0.496 e. The van der Waals surface area contributed by atoms with Crippen LogP contribution in [0.5, 0.6) is 5.75 Å². The summed E-state index contributed by atoms with van der Waals surface area (Å²) in [7, 11) is 1.61. The lowest BCUT2D eigenvalue weighted by molar-refractivity contribution is 0.0669. The molecule has 8 nitrogen and oxygen atoms in total. The van der Waals surface area contributed by atoms with Crippen molar-refractivity contribution in [1.29, 1.82) is 0 Å². The van der Waals surface area contributed by atoms with Gasteiger partial charge in [-0.1, -0.05) is 43.0 Å². The van der Waals surface area contributed by atoms with Crippen LogP contribution in [-0.4, -0.2) is 63.2 Å². The van der Waals surface area contributed by atoms with Crippen LogP contribution in [0.15, 0.2) is 42.5 Å². The van der Waals surface area contributed by atoms with E-state index >= 15 is 0 Å². The van der Waals surface area contributed by atoms with Gasteiger partial charge in [-0.15, -0.1) is 10.2 Å². The Labute approximate surface area is 217 Å². The number of anilines is 1. The highest BCUT2D eigenvalue weighted by molar-refractivity contribution is 5.97. The average Bonchev–Trinajstić information content (AvgIpc) is 3.38. The fourth-order valence-corrected chi connectivity index (χ4v) is 6.01. The summed E-state index contributed by atoms with van der Waals surface area (Å²) in [6.45, 7) is 6.18. The molecule has 1 atom stereocenters. The molecule has 37 heavy (non-hydrogen) atoms. The predicted octanol–water partition coefficient (Wildman–Crippen LogP) is 4.99. The number of ether oxygens (including phenoxy) is 1. The number of hydrogen-bond acceptors (Lipinski definition) is 6. The van der Waals surface area contributed by atoms with Crippen LogP contribution >= 0.6 is 0 Å². The molecule has 2 aromatic heterocycles. The van der Waals surface area contributed by atoms with Crippen LogP contribution in [0.3, 0.4) is 0 Å². The molecule has 3 heterocycles. The van der Waals surface area contributed by atoms with Gasteiger partial charge in [-0.25, -0.2) is 9.38 Å². The fraction of sp³-hybridized carbons (Fsp3) is 0.448. The number of carbonyl (C=O) groups excluding carboxylic acids is 1. The van der Waals surface area contributed by atoms with Crippen molar-refractivity contribution < 1.29 is 9.53 Å². The van der Waals surface area contributed by atoms with E-state index in [1.54, 1.807) is 7.11 Å². The van der Waals surface area contributed by atoms with Gasteiger partial charge < -0.3 is 14.5 Å². The minimum Gasteiger partial charge on any atom is -0.496 e. The molecule has 1 saturated carbocycles. The van der Waals surface area contributed by atoms with Gasteiger partial charge in [0.1, 0.15) is 11.6 Å². The lowest BCUT2D eigenvalue weighted by Crippen LogP contribution is -2.54. The van der Waals surface area contributed by atoms with Crippen molar-refractivity contribution >= 4 is 28.4 Å². The Kier molecular flexibility index (Phi) is 6.18. The number of aromatic nitrogens is 4. The minimum atomic E-state index is 0.00360. The van der Waals surface area contributed by atoms with Gasteiger partial charge >= 0.3 is 0 Å². The summed E-state index contributed by atoms with van der Waals surface area (Å²) in [5.41, 5.74) is 3.59. The molecule has 8 heteroatoms. The van der Waals surface area contributed by atoms with Gasteiger partial charge in [0, 0.05) is 37.0 Å². The van der Waals surface area contributed by atoms with Gasteiger partial charge in [-0.05, 0) is 51.0 Å². The van der Waals surface area contributed by atoms with Gasteiger partial charge in [-0.2, -0.15) is 0 Å². The van der Waals surface area contributed by atoms with Gasteiger partial charge in [-0.3, -0.25) is 4.79 Å². The van der Waals surface area contributed by atoms with E-state index in [0.29, 0.717) is 36.9 Å². The number of methoxy groups -OCH3 is 1. The third-order valence-corrected chi connectivity index (χ3v) is 7.98. The molecule has 4 aromatic rings. The van der Waals surface area contributed by atoms with Gasteiger partial charge in [0.05, 0.1) is 18.2 Å². The van der Waals surface area contributed by atoms with E-state index in [1.807, 2.05) is 29.2 Å². The van der Waals surface area contributed by atoms with Crippen LogP contribution in [0, 0.1) is 6.92 Å². The monoisotopic (exact) mass is 498 g/mol. The highest BCUT2D eigenvalue weighted by atomic mass is 16.5. The Balaban J connectivity index is 1.38. The van der Waals surface area contributed by atoms with Crippen molar-refractivity contribution in [2.45, 2.75) is 57.9 Å². The zero-order chi connectivity index (χ0) is 25.5. The first-order valence-electron chi connectivity index (χ1n) is 13.4. The molecule has 1 aliphatic carbocycles. The number of para-hydroxylation sites is 1. The van der Waals surface area contributed by atoms with Crippen LogP contribution < -0.4 is 9.64 Å². The molecule has 1 saturated heterocycles. The summed E-state index contributed by atoms with van der Waals surface area (Å²) in [4.78, 5) is 22.9. The smallest absolute Gasteiger partial charge is 0.257 e. The van der Waals surface area contributed by atoms with E-state index in [1.165, 1.54) is 24.8 Å². The Bertz CT molecular complexity index is 1460. The minimum absolute atomic E-state index is 0.00360. The normalized spacial score (nSPS) is 19.1. The molecule has 6 rings (SSSR count). The van der Waals surface area contributed by atoms with Crippen LogP contribution in [0.2, 0.25) is 0 Å². The maximum Gasteiger partial charge on any atom is 0.257 e. The number of hydrogen-bond donors (Lipinski definition) is 0. The molecular weight excluding hydrogens is 464 g/mol. The fourth-order valence-electron chi connectivity index (χ4n) is 6.01. The molecule has 192 valence electrons. The second kappa shape index (κ2) is 9.65. The van der Waals surface area contributed by atoms with Crippen LogP contribution in [0.1, 0.15) is 66.7 Å². The zero-order valence-corrected chi connectivity index (χ0v) is 21.9. The summed E-state index contributed by atoms with van der Waals surface area (Å²) < 4.78 is 7.67. The molecule has 2 aromatic carbocycles. The summed E-state index contributed by atoms with van der Waals surface area (Å²) in [6, 6.07) is 13.8. The molecule has 1 amide bonds. The molecule has 1 aliphatic heterocycles. The number of carbonyl (C=O) groups is 1. The van der Waals surface area contributed by atoms with Gasteiger partial charge in [0.2, 0.25) is 5.95 Å². The van der Waals surface area contributed by atoms with Crippen LogP contribution in [0.4, 0.5) is 5.95 Å². The van der Waals surface area contributed by atoms with Crippen molar-refractivity contribution in [1.82, 2.24) is 24.5 Å². The third-order valence-electron chi connectivity index (χ3n) is 7.98. The second-order valence-electron chi connectivity index (χ2n) is 10.5. The Morgan fingerprint density at radius 3 is 2.62 bits per heavy atom. The van der Waals surface area contributed by atoms with Crippen molar-refractivity contribution in [3.05, 3.63) is 59.4 Å². The summed E-state index contributed by atoms with van der Waals surface area (Å²) in [6.07, 6.45) is 6.04. The van der Waals surface area contributed by atoms with Crippen molar-refractivity contribution in [2.75, 3.05) is 31.6 Å². The number of fused-ring (bicyclic) bond motifs is 3. The summed E-state index contributed by atoms with van der Waals surface area (Å²) in [5, 5.41) is 10.5. The maximum atomic E-state index is 13.5. The summed E-state index contributed by atoms with van der Waals surface area (Å²) in [5.74, 6) is 2.92. The van der Waals surface area contributed by atoms with E-state index < -0.39 is 0 Å². The highest BCUT2D eigenvalue weighted by Gasteiger charge is 2.32. The number of piperazine rings is 1. The maximum absolute atomic E-state index is 13.5. The van der Waals surface area contributed by atoms with Crippen LogP contribution in [0.25, 0.3) is 16.6 Å². The molecule has 0 radical (unpaired) electrons. The number of aryl methyl sites for hydroxylation is 1. The lowest BCUT2D eigenvalue weighted by Gasteiger charge is -2.40. The lowest BCUT2D eigenvalue weighted by atomic mass is 9.89. The van der Waals surface area contributed by atoms with Gasteiger partial charge in [0.25, 0.3) is 5.91 Å². The molecule has 0 N–H and O–H groups in total. The third kappa shape index (κ3) is 4.18. The van der Waals surface area contributed by atoms with Crippen LogP contribution in [-0.2, 0) is 0 Å². The molecule has 0 spiro atoms. The Morgan fingerprint density at radius 1 is 1.03 bits per heavy atom. The van der Waals surface area contributed by atoms with E-state index in [0.717, 1.165) is 41.2 Å². The number of nitrogens with zero attached hydrogens (tertiary/aromatic N) is 6. The SMILES string of the molecule is COc1ccccc1C(=O)N1CCN(c2nc3ccc(C)cc3c3nnc(C4CCCCC4)n23)C[C@@H]1C. The first-order valence-corrected chi connectivity index (χ1v) is 13.4. The number of rotatable bonds is 4. The molecular formula is C29H34N6O2. The van der Waals surface area contributed by atoms with Crippen molar-refractivity contribution in [3.8, 4) is 5.75 Å². The van der Waals surface area contributed by atoms with Crippen molar-refractivity contribution in [3.63, 3.8) is 0 Å². The van der Waals surface area contributed by atoms with E-state index in [-0.39, 0.29) is 11.9 Å². The number of benzene rings is 2. The molecule has 0 bridgehead atoms. The molecule has 2 aliphatic rings. The average molecular weight is 499 g/mol. The summed E-state index contributed by atoms with van der Waals surface area (Å²) >= 11 is 0. The Morgan fingerprint density at radius 2 is 1.84 bits per heavy atom. The van der Waals surface area contributed by atoms with E-state index in [9.17, 15) is 4.79 Å².